The van der Waals surface area contributed by atoms with E-state index < -0.39 is 0 Å². The molecule has 0 saturated carbocycles. The van der Waals surface area contributed by atoms with Gasteiger partial charge in [0.1, 0.15) is 17.9 Å². The minimum Gasteiger partial charge on any atom is -0.423 e. The molecule has 0 N–H and O–H groups in total. The number of likely N-dealkylation sites (N-methyl/N-ethyl adjacent to an activating group) is 1. The number of aromatic nitrogens is 1. The summed E-state index contributed by atoms with van der Waals surface area (Å²) < 4.78 is 18.6. The number of oxazole rings is 1. The molecule has 0 radical (unpaired) electrons. The van der Waals surface area contributed by atoms with Crippen molar-refractivity contribution in [3.63, 3.8) is 0 Å². The molecule has 1 fully saturated rings. The fourth-order valence-corrected chi connectivity index (χ4v) is 2.03. The van der Waals surface area contributed by atoms with Gasteiger partial charge < -0.3 is 9.32 Å². The van der Waals surface area contributed by atoms with Crippen LogP contribution in [0.15, 0.2) is 22.6 Å². The molecule has 0 aliphatic carbocycles. The van der Waals surface area contributed by atoms with E-state index in [2.05, 4.69) is 4.98 Å². The van der Waals surface area contributed by atoms with Gasteiger partial charge in [-0.25, -0.2) is 4.39 Å². The average molecular weight is 249 g/mol. The van der Waals surface area contributed by atoms with Gasteiger partial charge in [0.15, 0.2) is 5.58 Å². The highest BCUT2D eigenvalue weighted by molar-refractivity contribution is 5.84. The molecule has 2 heterocycles. The number of hydrogen-bond donors (Lipinski definition) is 0. The molecular weight excluding hydrogens is 237 g/mol. The second kappa shape index (κ2) is 3.97. The number of carbonyl (C=O) groups is 1. The Hall–Kier alpha value is -2.11. The maximum atomic E-state index is 13.0. The molecule has 0 unspecified atom stereocenters. The van der Waals surface area contributed by atoms with E-state index >= 15 is 0 Å². The molecule has 18 heavy (non-hydrogen) atoms. The summed E-state index contributed by atoms with van der Waals surface area (Å²) in [5.74, 6) is -0.305. The predicted octanol–water partition coefficient (Wildman–Crippen LogP) is 1.59. The van der Waals surface area contributed by atoms with E-state index in [1.165, 1.54) is 18.2 Å². The summed E-state index contributed by atoms with van der Waals surface area (Å²) in [5.41, 5.74) is 0.987. The van der Waals surface area contributed by atoms with E-state index in [0.717, 1.165) is 0 Å². The van der Waals surface area contributed by atoms with Crippen LogP contribution >= 0.6 is 0 Å². The maximum Gasteiger partial charge on any atom is 0.300 e. The summed E-state index contributed by atoms with van der Waals surface area (Å²) >= 11 is 0. The summed E-state index contributed by atoms with van der Waals surface area (Å²) in [6.45, 7) is 3.29. The molecular formula is C12H12FN3O2. The van der Waals surface area contributed by atoms with Crippen molar-refractivity contribution in [2.75, 3.05) is 24.7 Å². The van der Waals surface area contributed by atoms with E-state index in [9.17, 15) is 9.18 Å². The molecule has 0 bridgehead atoms. The Morgan fingerprint density at radius 1 is 1.50 bits per heavy atom. The lowest BCUT2D eigenvalue weighted by Crippen LogP contribution is -2.26. The van der Waals surface area contributed by atoms with Crippen molar-refractivity contribution in [3.8, 4) is 0 Å². The lowest BCUT2D eigenvalue weighted by atomic mass is 10.3. The van der Waals surface area contributed by atoms with Crippen molar-refractivity contribution in [3.05, 3.63) is 24.0 Å². The van der Waals surface area contributed by atoms with Gasteiger partial charge in [-0.2, -0.15) is 4.98 Å². The first-order chi connectivity index (χ1) is 8.67. The van der Waals surface area contributed by atoms with Gasteiger partial charge in [0.05, 0.1) is 6.67 Å². The number of fused-ring (bicyclic) bond motifs is 1. The molecule has 1 saturated heterocycles. The minimum atomic E-state index is -0.352. The molecule has 3 rings (SSSR count). The summed E-state index contributed by atoms with van der Waals surface area (Å²) in [6.07, 6.45) is 0. The maximum absolute atomic E-state index is 13.0. The SMILES string of the molecule is CCN1CN(c2nc3cc(F)ccc3o2)CC1=O. The summed E-state index contributed by atoms with van der Waals surface area (Å²) in [4.78, 5) is 19.3. The van der Waals surface area contributed by atoms with E-state index in [1.807, 2.05) is 6.92 Å². The second-order valence-corrected chi connectivity index (χ2v) is 4.20. The van der Waals surface area contributed by atoms with Crippen molar-refractivity contribution in [2.45, 2.75) is 6.92 Å². The van der Waals surface area contributed by atoms with Gasteiger partial charge in [0.2, 0.25) is 5.91 Å². The zero-order valence-corrected chi connectivity index (χ0v) is 9.89. The lowest BCUT2D eigenvalue weighted by Gasteiger charge is -2.13. The molecule has 2 aromatic rings. The minimum absolute atomic E-state index is 0.0472. The van der Waals surface area contributed by atoms with Crippen LogP contribution in [0.25, 0.3) is 11.1 Å². The smallest absolute Gasteiger partial charge is 0.300 e. The first-order valence-corrected chi connectivity index (χ1v) is 5.76. The standard InChI is InChI=1S/C12H12FN3O2/c1-2-15-7-16(6-11(15)17)12-14-9-5-8(13)3-4-10(9)18-12/h3-5H,2,6-7H2,1H3. The van der Waals surface area contributed by atoms with Gasteiger partial charge in [-0.1, -0.05) is 0 Å². The highest BCUT2D eigenvalue weighted by atomic mass is 19.1. The van der Waals surface area contributed by atoms with Crippen LogP contribution in [0, 0.1) is 5.82 Å². The van der Waals surface area contributed by atoms with Crippen LogP contribution in [0.1, 0.15) is 6.92 Å². The van der Waals surface area contributed by atoms with Crippen molar-refractivity contribution >= 4 is 23.0 Å². The Kier molecular flexibility index (Phi) is 2.43. The Morgan fingerprint density at radius 3 is 3.06 bits per heavy atom. The van der Waals surface area contributed by atoms with Crippen molar-refractivity contribution in [2.24, 2.45) is 0 Å². The molecule has 6 heteroatoms. The summed E-state index contributed by atoms with van der Waals surface area (Å²) in [6, 6.07) is 4.54. The van der Waals surface area contributed by atoms with Crippen LogP contribution in [0.3, 0.4) is 0 Å². The third kappa shape index (κ3) is 1.70. The monoisotopic (exact) mass is 249 g/mol. The van der Waals surface area contributed by atoms with Crippen molar-refractivity contribution in [1.29, 1.82) is 0 Å². The van der Waals surface area contributed by atoms with Crippen molar-refractivity contribution < 1.29 is 13.6 Å². The topological polar surface area (TPSA) is 49.6 Å². The molecule has 0 spiro atoms. The highest BCUT2D eigenvalue weighted by Crippen LogP contribution is 2.24. The molecule has 1 aliphatic rings. The molecule has 5 nitrogen and oxygen atoms in total. The predicted molar refractivity (Wildman–Crippen MR) is 63.6 cm³/mol. The zero-order chi connectivity index (χ0) is 12.7. The highest BCUT2D eigenvalue weighted by Gasteiger charge is 2.29. The Labute approximate surface area is 103 Å². The van der Waals surface area contributed by atoms with Gasteiger partial charge in [-0.15, -0.1) is 0 Å². The number of rotatable bonds is 2. The van der Waals surface area contributed by atoms with Gasteiger partial charge >= 0.3 is 0 Å². The number of benzene rings is 1. The van der Waals surface area contributed by atoms with Crippen LogP contribution in [0.5, 0.6) is 0 Å². The Bertz CT molecular complexity index is 610. The molecule has 1 aromatic carbocycles. The summed E-state index contributed by atoms with van der Waals surface area (Å²) in [7, 11) is 0. The first kappa shape index (κ1) is 11.0. The third-order valence-corrected chi connectivity index (χ3v) is 3.01. The number of carbonyl (C=O) groups excluding carboxylic acids is 1. The van der Waals surface area contributed by atoms with Gasteiger partial charge in [-0.05, 0) is 19.1 Å². The second-order valence-electron chi connectivity index (χ2n) is 4.20. The molecule has 1 amide bonds. The largest absolute Gasteiger partial charge is 0.423 e. The number of amides is 1. The molecule has 0 atom stereocenters. The van der Waals surface area contributed by atoms with Crippen molar-refractivity contribution in [1.82, 2.24) is 9.88 Å². The van der Waals surface area contributed by atoms with E-state index in [0.29, 0.717) is 30.3 Å². The lowest BCUT2D eigenvalue weighted by molar-refractivity contribution is -0.126. The number of anilines is 1. The molecule has 94 valence electrons. The first-order valence-electron chi connectivity index (χ1n) is 5.76. The van der Waals surface area contributed by atoms with E-state index in [-0.39, 0.29) is 18.3 Å². The van der Waals surface area contributed by atoms with Crippen LogP contribution in [-0.4, -0.2) is 35.5 Å². The van der Waals surface area contributed by atoms with Gasteiger partial charge in [0, 0.05) is 12.6 Å². The van der Waals surface area contributed by atoms with Crippen LogP contribution in [0.2, 0.25) is 0 Å². The fraction of sp³-hybridized carbons (Fsp3) is 0.333. The number of hydrogen-bond acceptors (Lipinski definition) is 4. The quantitative estimate of drug-likeness (QED) is 0.811. The number of nitrogens with zero attached hydrogens (tertiary/aromatic N) is 3. The van der Waals surface area contributed by atoms with Gasteiger partial charge in [0.25, 0.3) is 6.01 Å². The zero-order valence-electron chi connectivity index (χ0n) is 9.89. The molecule has 1 aromatic heterocycles. The van der Waals surface area contributed by atoms with Crippen LogP contribution in [0.4, 0.5) is 10.4 Å². The van der Waals surface area contributed by atoms with Crippen LogP contribution in [-0.2, 0) is 4.79 Å². The van der Waals surface area contributed by atoms with Crippen LogP contribution < -0.4 is 4.90 Å². The fourth-order valence-electron chi connectivity index (χ4n) is 2.03. The third-order valence-electron chi connectivity index (χ3n) is 3.01. The number of halogens is 1. The summed E-state index contributed by atoms with van der Waals surface area (Å²) in [5, 5.41) is 0. The molecule has 1 aliphatic heterocycles. The van der Waals surface area contributed by atoms with Gasteiger partial charge in [-0.3, -0.25) is 9.69 Å². The normalized spacial score (nSPS) is 16.0. The Balaban J connectivity index is 1.93. The Morgan fingerprint density at radius 2 is 2.33 bits per heavy atom. The van der Waals surface area contributed by atoms with E-state index in [4.69, 9.17) is 4.42 Å². The van der Waals surface area contributed by atoms with E-state index in [1.54, 1.807) is 9.80 Å². The average Bonchev–Trinajstić information content (AvgIpc) is 2.91.